The molecule has 0 aromatic heterocycles. The Balaban J connectivity index is 1.63. The molecule has 1 heteroatoms. The molecule has 0 unspecified atom stereocenters. The molecule has 0 amide bonds. The molecule has 0 radical (unpaired) electrons. The Bertz CT molecular complexity index is 1340. The predicted octanol–water partition coefficient (Wildman–Crippen LogP) is 6.39. The van der Waals surface area contributed by atoms with Crippen LogP contribution in [0.2, 0.25) is 10.5 Å². The van der Waals surface area contributed by atoms with Crippen molar-refractivity contribution < 1.29 is 14.8 Å². The van der Waals surface area contributed by atoms with Gasteiger partial charge in [0.25, 0.3) is 0 Å². The van der Waals surface area contributed by atoms with Crippen molar-refractivity contribution in [2.75, 3.05) is 0 Å². The van der Waals surface area contributed by atoms with E-state index in [4.69, 9.17) is 0 Å². The molecule has 0 heterocycles. The molecular weight excluding hydrogens is 408 g/mol. The fourth-order valence-corrected chi connectivity index (χ4v) is 13.1. The fraction of sp³-hybridized carbons (Fsp3) is 0.167. The van der Waals surface area contributed by atoms with Crippen LogP contribution in [0, 0.1) is 0 Å². The third-order valence-electron chi connectivity index (χ3n) is 8.23. The van der Waals surface area contributed by atoms with Gasteiger partial charge in [-0.1, -0.05) is 0 Å². The summed E-state index contributed by atoms with van der Waals surface area (Å²) >= 11 is -3.38. The second-order valence-corrected chi connectivity index (χ2v) is 20.5. The summed E-state index contributed by atoms with van der Waals surface area (Å²) in [5, 5.41) is 5.24. The van der Waals surface area contributed by atoms with Crippen molar-refractivity contribution in [1.82, 2.24) is 0 Å². The van der Waals surface area contributed by atoms with Gasteiger partial charge in [0.1, 0.15) is 0 Å². The molecule has 0 aliphatic heterocycles. The molecule has 0 N–H and O–H groups in total. The zero-order valence-corrected chi connectivity index (χ0v) is 20.1. The summed E-state index contributed by atoms with van der Waals surface area (Å²) in [6.07, 6.45) is 2.12. The molecule has 2 aliphatic carbocycles. The summed E-state index contributed by atoms with van der Waals surface area (Å²) in [5.74, 6) is 0. The van der Waals surface area contributed by atoms with Crippen molar-refractivity contribution in [2.45, 2.75) is 30.2 Å². The van der Waals surface area contributed by atoms with Crippen LogP contribution in [0.25, 0.3) is 22.3 Å². The van der Waals surface area contributed by atoms with Gasteiger partial charge in [-0.2, -0.15) is 0 Å². The van der Waals surface area contributed by atoms with Gasteiger partial charge in [-0.15, -0.1) is 0 Å². The van der Waals surface area contributed by atoms with Crippen LogP contribution in [-0.2, 0) is 27.7 Å². The zero-order chi connectivity index (χ0) is 21.2. The summed E-state index contributed by atoms with van der Waals surface area (Å²) in [4.78, 5) is 0. The van der Waals surface area contributed by atoms with Crippen molar-refractivity contribution in [3.8, 4) is 22.3 Å². The van der Waals surface area contributed by atoms with Gasteiger partial charge in [-0.25, -0.2) is 0 Å². The van der Waals surface area contributed by atoms with Crippen molar-refractivity contribution >= 4 is 12.1 Å². The Labute approximate surface area is 186 Å². The van der Waals surface area contributed by atoms with E-state index in [1.54, 1.807) is 18.9 Å². The van der Waals surface area contributed by atoms with E-state index in [0.29, 0.717) is 0 Å². The average Bonchev–Trinajstić information content (AvgIpc) is 3.37. The molecule has 0 saturated carbocycles. The zero-order valence-electron chi connectivity index (χ0n) is 18.6. The number of hydrogen-bond donors (Lipinski definition) is 0. The maximum absolute atomic E-state index is 3.38. The molecule has 0 atom stereocenters. The second-order valence-electron chi connectivity index (χ2n) is 10.1. The van der Waals surface area contributed by atoms with Crippen LogP contribution in [-0.4, -0.2) is 4.31 Å². The fourth-order valence-electron chi connectivity index (χ4n) is 6.21. The molecular formula is C30H28Ti. The molecule has 2 aliphatic rings. The Kier molecular flexibility index (Phi) is 4.01. The molecule has 6 rings (SSSR count). The van der Waals surface area contributed by atoms with Gasteiger partial charge in [-0.3, -0.25) is 0 Å². The van der Waals surface area contributed by atoms with Gasteiger partial charge in [0.05, 0.1) is 0 Å². The summed E-state index contributed by atoms with van der Waals surface area (Å²) in [7, 11) is 0. The van der Waals surface area contributed by atoms with Gasteiger partial charge >= 0.3 is 187 Å². The standard InChI is InChI=1S/2C13H9.C2H4.2CH3.Ti/c2*1-3-7-12-10(5-1)9-11-6-2-4-8-13(11)12;1-2;;;/h2*1-5,7-8H,9H2;1H,2H3;2*1H3;. The number of rotatable bonds is 2. The van der Waals surface area contributed by atoms with E-state index < -0.39 is 14.8 Å². The summed E-state index contributed by atoms with van der Waals surface area (Å²) in [5.41, 5.74) is 11.8. The van der Waals surface area contributed by atoms with Crippen LogP contribution >= 0.6 is 0 Å². The van der Waals surface area contributed by atoms with Gasteiger partial charge in [0.15, 0.2) is 0 Å². The third kappa shape index (κ3) is 2.56. The first-order valence-corrected chi connectivity index (χ1v) is 17.0. The molecule has 0 nitrogen and oxygen atoms in total. The van der Waals surface area contributed by atoms with E-state index >= 15 is 0 Å². The topological polar surface area (TPSA) is 0 Å². The van der Waals surface area contributed by atoms with Gasteiger partial charge in [0.2, 0.25) is 0 Å². The van der Waals surface area contributed by atoms with Crippen molar-refractivity contribution in [1.29, 1.82) is 0 Å². The van der Waals surface area contributed by atoms with Crippen molar-refractivity contribution in [2.24, 2.45) is 0 Å². The van der Waals surface area contributed by atoms with Gasteiger partial charge in [0, 0.05) is 0 Å². The number of fused-ring (bicyclic) bond motifs is 6. The molecule has 4 aromatic carbocycles. The quantitative estimate of drug-likeness (QED) is 0.276. The molecule has 4 aromatic rings. The molecule has 0 fully saturated rings. The summed E-state index contributed by atoms with van der Waals surface area (Å²) < 4.78 is 5.86. The predicted molar refractivity (Wildman–Crippen MR) is 132 cm³/mol. The normalized spacial score (nSPS) is 13.9. The first-order valence-electron chi connectivity index (χ1n) is 11.4. The number of benzene rings is 4. The van der Waals surface area contributed by atoms with Crippen LogP contribution in [0.15, 0.2) is 84.9 Å². The molecule has 0 saturated heterocycles. The van der Waals surface area contributed by atoms with Crippen molar-refractivity contribution in [3.05, 3.63) is 107 Å². The van der Waals surface area contributed by atoms with Crippen LogP contribution in [0.3, 0.4) is 0 Å². The third-order valence-corrected chi connectivity index (χ3v) is 17.6. The molecule has 0 bridgehead atoms. The average molecular weight is 436 g/mol. The van der Waals surface area contributed by atoms with E-state index in [1.165, 1.54) is 33.4 Å². The summed E-state index contributed by atoms with van der Waals surface area (Å²) in [6, 6.07) is 32.1. The molecule has 31 heavy (non-hydrogen) atoms. The van der Waals surface area contributed by atoms with E-state index in [-0.39, 0.29) is 0 Å². The van der Waals surface area contributed by atoms with Crippen LogP contribution < -0.4 is 7.74 Å². The van der Waals surface area contributed by atoms with Gasteiger partial charge in [-0.05, 0) is 0 Å². The molecule has 0 spiro atoms. The van der Waals surface area contributed by atoms with Crippen LogP contribution in [0.4, 0.5) is 0 Å². The Morgan fingerprint density at radius 3 is 1.42 bits per heavy atom. The minimum atomic E-state index is -3.38. The number of hydrogen-bond acceptors (Lipinski definition) is 0. The van der Waals surface area contributed by atoms with Crippen LogP contribution in [0.5, 0.6) is 0 Å². The first-order chi connectivity index (χ1) is 15.0. The van der Waals surface area contributed by atoms with E-state index in [9.17, 15) is 0 Å². The minimum absolute atomic E-state index is 1.06. The maximum atomic E-state index is 2.62. The Hall–Kier alpha value is -2.54. The first kappa shape index (κ1) is 19.2. The second kappa shape index (κ2) is 6.48. The Morgan fingerprint density at radius 1 is 0.548 bits per heavy atom. The van der Waals surface area contributed by atoms with E-state index in [0.717, 1.165) is 12.8 Å². The SMILES string of the molecule is C[CH]=[Ti]([CH3])([CH3])([c]1cccc2c1Cc1ccccc1-2)[c]1cccc2c1Cc1ccccc1-2. The van der Waals surface area contributed by atoms with Crippen molar-refractivity contribution in [3.63, 3.8) is 0 Å². The van der Waals surface area contributed by atoms with E-state index in [2.05, 4.69) is 107 Å². The molecule has 152 valence electrons. The monoisotopic (exact) mass is 436 g/mol. The van der Waals surface area contributed by atoms with E-state index in [1.807, 2.05) is 0 Å². The summed E-state index contributed by atoms with van der Waals surface area (Å²) in [6.45, 7) is 2.32. The van der Waals surface area contributed by atoms with Gasteiger partial charge < -0.3 is 0 Å². The Morgan fingerprint density at radius 2 is 0.968 bits per heavy atom. The van der Waals surface area contributed by atoms with Crippen LogP contribution in [0.1, 0.15) is 29.2 Å².